The second-order valence-corrected chi connectivity index (χ2v) is 8.32. The van der Waals surface area contributed by atoms with Crippen molar-refractivity contribution in [3.8, 4) is 11.5 Å². The maximum Gasteiger partial charge on any atom is 0.119 e. The van der Waals surface area contributed by atoms with E-state index < -0.39 is 0 Å². The smallest absolute Gasteiger partial charge is 0.119 e. The van der Waals surface area contributed by atoms with E-state index in [1.807, 2.05) is 12.1 Å². The summed E-state index contributed by atoms with van der Waals surface area (Å²) in [6.45, 7) is 5.99. The van der Waals surface area contributed by atoms with Crippen LogP contribution in [0.15, 0.2) is 48.5 Å². The third-order valence-corrected chi connectivity index (χ3v) is 5.78. The number of piperidine rings is 1. The topological polar surface area (TPSA) is 45.2 Å². The summed E-state index contributed by atoms with van der Waals surface area (Å²) in [7, 11) is 3.93. The lowest BCUT2D eigenvalue weighted by molar-refractivity contribution is 0.142. The highest BCUT2D eigenvalue weighted by Gasteiger charge is 2.21. The van der Waals surface area contributed by atoms with Crippen LogP contribution in [0.3, 0.4) is 0 Å². The van der Waals surface area contributed by atoms with E-state index in [0.717, 1.165) is 43.5 Å². The van der Waals surface area contributed by atoms with Gasteiger partial charge in [0.25, 0.3) is 0 Å². The van der Waals surface area contributed by atoms with Crippen LogP contribution in [0.25, 0.3) is 0 Å². The predicted octanol–water partition coefficient (Wildman–Crippen LogP) is 3.45. The Morgan fingerprint density at radius 3 is 2.43 bits per heavy atom. The molecule has 2 aromatic carbocycles. The lowest BCUT2D eigenvalue weighted by atomic mass is 9.97. The minimum atomic E-state index is 0.0446. The molecular formula is C25H36N2O3. The number of ether oxygens (including phenoxy) is 2. The van der Waals surface area contributed by atoms with Crippen LogP contribution in [-0.2, 0) is 13.0 Å². The van der Waals surface area contributed by atoms with Crippen molar-refractivity contribution in [2.24, 2.45) is 5.92 Å². The van der Waals surface area contributed by atoms with Gasteiger partial charge in [0.1, 0.15) is 18.1 Å². The summed E-state index contributed by atoms with van der Waals surface area (Å²) >= 11 is 0. The molecule has 3 rings (SSSR count). The SMILES string of the molecule is COc1ccc(CCN2CCCC(CN(C)Cc3ccc(OCCO)cc3)C2)cc1. The molecule has 1 heterocycles. The summed E-state index contributed by atoms with van der Waals surface area (Å²) < 4.78 is 10.7. The molecule has 0 aliphatic carbocycles. The summed E-state index contributed by atoms with van der Waals surface area (Å²) in [5.74, 6) is 2.47. The average molecular weight is 413 g/mol. The Balaban J connectivity index is 1.41. The molecule has 164 valence electrons. The maximum atomic E-state index is 8.85. The van der Waals surface area contributed by atoms with Crippen molar-refractivity contribution in [1.29, 1.82) is 0 Å². The monoisotopic (exact) mass is 412 g/mol. The van der Waals surface area contributed by atoms with Crippen molar-refractivity contribution >= 4 is 0 Å². The molecule has 0 radical (unpaired) electrons. The van der Waals surface area contributed by atoms with Crippen LogP contribution in [-0.4, -0.2) is 68.5 Å². The number of aliphatic hydroxyl groups excluding tert-OH is 1. The molecule has 1 saturated heterocycles. The van der Waals surface area contributed by atoms with Gasteiger partial charge in [0, 0.05) is 26.2 Å². The lowest BCUT2D eigenvalue weighted by Gasteiger charge is -2.34. The van der Waals surface area contributed by atoms with E-state index in [2.05, 4.69) is 53.2 Å². The average Bonchev–Trinajstić information content (AvgIpc) is 2.78. The first-order valence-electron chi connectivity index (χ1n) is 11.0. The van der Waals surface area contributed by atoms with Gasteiger partial charge in [0.05, 0.1) is 13.7 Å². The Kier molecular flexibility index (Phi) is 9.00. The number of rotatable bonds is 11. The van der Waals surface area contributed by atoms with E-state index in [9.17, 15) is 0 Å². The molecule has 0 aromatic heterocycles. The zero-order valence-corrected chi connectivity index (χ0v) is 18.4. The third kappa shape index (κ3) is 7.31. The molecular weight excluding hydrogens is 376 g/mol. The number of methoxy groups -OCH3 is 1. The molecule has 0 amide bonds. The van der Waals surface area contributed by atoms with E-state index in [1.54, 1.807) is 7.11 Å². The van der Waals surface area contributed by atoms with Gasteiger partial charge in [-0.1, -0.05) is 24.3 Å². The van der Waals surface area contributed by atoms with Crippen molar-refractivity contribution in [3.05, 3.63) is 59.7 Å². The molecule has 1 aliphatic heterocycles. The third-order valence-electron chi connectivity index (χ3n) is 5.78. The molecule has 0 bridgehead atoms. The van der Waals surface area contributed by atoms with Gasteiger partial charge in [0.2, 0.25) is 0 Å². The summed E-state index contributed by atoms with van der Waals surface area (Å²) in [5.41, 5.74) is 2.67. The van der Waals surface area contributed by atoms with Gasteiger partial charge >= 0.3 is 0 Å². The Morgan fingerprint density at radius 1 is 1.03 bits per heavy atom. The molecule has 1 aliphatic rings. The second-order valence-electron chi connectivity index (χ2n) is 8.32. The number of hydrogen-bond acceptors (Lipinski definition) is 5. The Morgan fingerprint density at radius 2 is 1.73 bits per heavy atom. The zero-order chi connectivity index (χ0) is 21.2. The number of hydrogen-bond donors (Lipinski definition) is 1. The highest BCUT2D eigenvalue weighted by atomic mass is 16.5. The highest BCUT2D eigenvalue weighted by Crippen LogP contribution is 2.20. The summed E-state index contributed by atoms with van der Waals surface area (Å²) in [6.07, 6.45) is 3.70. The first kappa shape index (κ1) is 22.6. The van der Waals surface area contributed by atoms with Crippen molar-refractivity contribution in [3.63, 3.8) is 0 Å². The molecule has 2 aromatic rings. The number of benzene rings is 2. The normalized spacial score (nSPS) is 17.3. The first-order valence-corrected chi connectivity index (χ1v) is 11.0. The van der Waals surface area contributed by atoms with E-state index in [0.29, 0.717) is 6.61 Å². The largest absolute Gasteiger partial charge is 0.497 e. The molecule has 1 atom stereocenters. The molecule has 1 N–H and O–H groups in total. The van der Waals surface area contributed by atoms with E-state index >= 15 is 0 Å². The molecule has 30 heavy (non-hydrogen) atoms. The molecule has 5 nitrogen and oxygen atoms in total. The quantitative estimate of drug-likeness (QED) is 0.612. The van der Waals surface area contributed by atoms with Crippen molar-refractivity contribution < 1.29 is 14.6 Å². The minimum Gasteiger partial charge on any atom is -0.497 e. The highest BCUT2D eigenvalue weighted by molar-refractivity contribution is 5.28. The molecule has 1 fully saturated rings. The van der Waals surface area contributed by atoms with Crippen molar-refractivity contribution in [2.75, 3.05) is 53.6 Å². The standard InChI is InChI=1S/C25H36N2O3/c1-26(18-22-7-11-25(12-8-22)30-17-16-28)19-23-4-3-14-27(20-23)15-13-21-5-9-24(29-2)10-6-21/h5-12,23,28H,3-4,13-20H2,1-2H3. The fraction of sp³-hybridized carbons (Fsp3) is 0.520. The number of aliphatic hydroxyl groups is 1. The second kappa shape index (κ2) is 11.9. The van der Waals surface area contributed by atoms with Crippen LogP contribution >= 0.6 is 0 Å². The summed E-state index contributed by atoms with van der Waals surface area (Å²) in [4.78, 5) is 5.06. The fourth-order valence-corrected chi connectivity index (χ4v) is 4.25. The van der Waals surface area contributed by atoms with Crippen LogP contribution in [0.4, 0.5) is 0 Å². The van der Waals surface area contributed by atoms with Crippen LogP contribution in [0.2, 0.25) is 0 Å². The van der Waals surface area contributed by atoms with Gasteiger partial charge < -0.3 is 24.4 Å². The van der Waals surface area contributed by atoms with Crippen molar-refractivity contribution in [2.45, 2.75) is 25.8 Å². The molecule has 5 heteroatoms. The van der Waals surface area contributed by atoms with Gasteiger partial charge in [-0.2, -0.15) is 0 Å². The molecule has 0 saturated carbocycles. The van der Waals surface area contributed by atoms with E-state index in [-0.39, 0.29) is 6.61 Å². The van der Waals surface area contributed by atoms with Gasteiger partial charge in [-0.15, -0.1) is 0 Å². The van der Waals surface area contributed by atoms with Gasteiger partial charge in [-0.25, -0.2) is 0 Å². The molecule has 0 spiro atoms. The maximum absolute atomic E-state index is 8.85. The fourth-order valence-electron chi connectivity index (χ4n) is 4.25. The van der Waals surface area contributed by atoms with Gasteiger partial charge in [-0.05, 0) is 74.2 Å². The van der Waals surface area contributed by atoms with E-state index in [4.69, 9.17) is 14.6 Å². The Hall–Kier alpha value is -2.08. The van der Waals surface area contributed by atoms with Crippen LogP contribution < -0.4 is 9.47 Å². The minimum absolute atomic E-state index is 0.0446. The number of nitrogens with zero attached hydrogens (tertiary/aromatic N) is 2. The van der Waals surface area contributed by atoms with Gasteiger partial charge in [-0.3, -0.25) is 0 Å². The van der Waals surface area contributed by atoms with Crippen molar-refractivity contribution in [1.82, 2.24) is 9.80 Å². The summed E-state index contributed by atoms with van der Waals surface area (Å²) in [5, 5.41) is 8.85. The van der Waals surface area contributed by atoms with Gasteiger partial charge in [0.15, 0.2) is 0 Å². The summed E-state index contributed by atoms with van der Waals surface area (Å²) in [6, 6.07) is 16.7. The Labute approximate surface area is 181 Å². The predicted molar refractivity (Wildman–Crippen MR) is 121 cm³/mol. The Bertz CT molecular complexity index is 733. The first-order chi connectivity index (χ1) is 14.7. The van der Waals surface area contributed by atoms with Crippen LogP contribution in [0.1, 0.15) is 24.0 Å². The van der Waals surface area contributed by atoms with E-state index in [1.165, 1.54) is 37.1 Å². The van der Waals surface area contributed by atoms with Crippen LogP contribution in [0.5, 0.6) is 11.5 Å². The molecule has 1 unspecified atom stereocenters. The van der Waals surface area contributed by atoms with Crippen LogP contribution in [0, 0.1) is 5.92 Å². The zero-order valence-electron chi connectivity index (χ0n) is 18.4. The number of likely N-dealkylation sites (tertiary alicyclic amines) is 1. The lowest BCUT2D eigenvalue weighted by Crippen LogP contribution is -2.40.